The molecule has 21 heavy (non-hydrogen) atoms. The van der Waals surface area contributed by atoms with Crippen molar-refractivity contribution in [2.24, 2.45) is 5.92 Å². The Bertz CT molecular complexity index is 578. The fourth-order valence-corrected chi connectivity index (χ4v) is 2.29. The summed E-state index contributed by atoms with van der Waals surface area (Å²) in [7, 11) is 0. The standard InChI is InChI=1S/C16H21N3O2/c1-11(2)8-13(10-20)18-16(21)14-9-17-19-15(14)12-6-4-3-5-7-12/h3-7,9,11,13,20H,8,10H2,1-2H3,(H,17,19)(H,18,21). The largest absolute Gasteiger partial charge is 0.394 e. The maximum atomic E-state index is 12.4. The summed E-state index contributed by atoms with van der Waals surface area (Å²) in [4.78, 5) is 12.4. The molecule has 0 saturated heterocycles. The summed E-state index contributed by atoms with van der Waals surface area (Å²) in [5, 5.41) is 19.1. The van der Waals surface area contributed by atoms with E-state index in [0.29, 0.717) is 17.2 Å². The van der Waals surface area contributed by atoms with Crippen molar-refractivity contribution < 1.29 is 9.90 Å². The van der Waals surface area contributed by atoms with E-state index in [1.807, 2.05) is 30.3 Å². The topological polar surface area (TPSA) is 78.0 Å². The number of nitrogens with zero attached hydrogens (tertiary/aromatic N) is 1. The Balaban J connectivity index is 2.15. The number of aromatic nitrogens is 2. The molecule has 1 heterocycles. The van der Waals surface area contributed by atoms with Crippen LogP contribution in [0.15, 0.2) is 36.5 Å². The van der Waals surface area contributed by atoms with Crippen LogP contribution in [-0.2, 0) is 0 Å². The number of benzene rings is 1. The molecule has 3 N–H and O–H groups in total. The highest BCUT2D eigenvalue weighted by atomic mass is 16.3. The molecule has 1 atom stereocenters. The molecule has 0 fully saturated rings. The molecule has 2 aromatic rings. The van der Waals surface area contributed by atoms with Crippen LogP contribution in [0, 0.1) is 5.92 Å². The Morgan fingerprint density at radius 3 is 2.67 bits per heavy atom. The van der Waals surface area contributed by atoms with Crippen LogP contribution < -0.4 is 5.32 Å². The number of aliphatic hydroxyl groups is 1. The van der Waals surface area contributed by atoms with E-state index in [1.165, 1.54) is 6.20 Å². The zero-order valence-electron chi connectivity index (χ0n) is 12.3. The van der Waals surface area contributed by atoms with Crippen LogP contribution in [0.4, 0.5) is 0 Å². The van der Waals surface area contributed by atoms with Gasteiger partial charge in [0.05, 0.1) is 30.1 Å². The minimum atomic E-state index is -0.240. The third-order valence-electron chi connectivity index (χ3n) is 3.26. The molecule has 112 valence electrons. The van der Waals surface area contributed by atoms with Crippen LogP contribution >= 0.6 is 0 Å². The molecule has 1 amide bonds. The molecule has 2 rings (SSSR count). The number of aliphatic hydroxyl groups excluding tert-OH is 1. The fourth-order valence-electron chi connectivity index (χ4n) is 2.29. The van der Waals surface area contributed by atoms with Gasteiger partial charge in [-0.1, -0.05) is 44.2 Å². The summed E-state index contributed by atoms with van der Waals surface area (Å²) < 4.78 is 0. The van der Waals surface area contributed by atoms with Crippen LogP contribution in [0.3, 0.4) is 0 Å². The first-order valence-electron chi connectivity index (χ1n) is 7.12. The van der Waals surface area contributed by atoms with E-state index in [1.54, 1.807) is 0 Å². The minimum Gasteiger partial charge on any atom is -0.394 e. The van der Waals surface area contributed by atoms with Crippen molar-refractivity contribution in [2.45, 2.75) is 26.3 Å². The number of H-pyrrole nitrogens is 1. The first-order valence-corrected chi connectivity index (χ1v) is 7.12. The SMILES string of the molecule is CC(C)CC(CO)NC(=O)c1cn[nH]c1-c1ccccc1. The van der Waals surface area contributed by atoms with E-state index < -0.39 is 0 Å². The van der Waals surface area contributed by atoms with Gasteiger partial charge in [-0.2, -0.15) is 5.10 Å². The van der Waals surface area contributed by atoms with E-state index in [4.69, 9.17) is 0 Å². The lowest BCUT2D eigenvalue weighted by atomic mass is 10.0. The van der Waals surface area contributed by atoms with Crippen LogP contribution in [0.1, 0.15) is 30.6 Å². The van der Waals surface area contributed by atoms with Crippen molar-refractivity contribution in [1.82, 2.24) is 15.5 Å². The van der Waals surface area contributed by atoms with Gasteiger partial charge in [0.1, 0.15) is 0 Å². The third-order valence-corrected chi connectivity index (χ3v) is 3.26. The van der Waals surface area contributed by atoms with Crippen molar-refractivity contribution in [3.05, 3.63) is 42.1 Å². The van der Waals surface area contributed by atoms with E-state index in [9.17, 15) is 9.90 Å². The molecular weight excluding hydrogens is 266 g/mol. The average molecular weight is 287 g/mol. The van der Waals surface area contributed by atoms with Crippen molar-refractivity contribution in [3.63, 3.8) is 0 Å². The molecule has 0 aliphatic rings. The van der Waals surface area contributed by atoms with Gasteiger partial charge in [0.25, 0.3) is 5.91 Å². The lowest BCUT2D eigenvalue weighted by Gasteiger charge is -2.18. The van der Waals surface area contributed by atoms with Gasteiger partial charge in [0.2, 0.25) is 0 Å². The smallest absolute Gasteiger partial charge is 0.255 e. The zero-order valence-corrected chi connectivity index (χ0v) is 12.3. The highest BCUT2D eigenvalue weighted by Gasteiger charge is 2.19. The minimum absolute atomic E-state index is 0.0670. The number of nitrogens with one attached hydrogen (secondary N) is 2. The normalized spacial score (nSPS) is 12.4. The van der Waals surface area contributed by atoms with Gasteiger partial charge in [-0.05, 0) is 12.3 Å². The van der Waals surface area contributed by atoms with Crippen molar-refractivity contribution in [2.75, 3.05) is 6.61 Å². The average Bonchev–Trinajstić information content (AvgIpc) is 2.96. The molecule has 0 bridgehead atoms. The molecule has 0 saturated carbocycles. The number of hydrogen-bond donors (Lipinski definition) is 3. The molecule has 0 spiro atoms. The van der Waals surface area contributed by atoms with Crippen molar-refractivity contribution >= 4 is 5.91 Å². The second kappa shape index (κ2) is 7.04. The van der Waals surface area contributed by atoms with Gasteiger partial charge in [-0.15, -0.1) is 0 Å². The molecule has 5 nitrogen and oxygen atoms in total. The second-order valence-corrected chi connectivity index (χ2v) is 5.51. The van der Waals surface area contributed by atoms with E-state index >= 15 is 0 Å². The van der Waals surface area contributed by atoms with Gasteiger partial charge in [0.15, 0.2) is 0 Å². The predicted octanol–water partition coefficient (Wildman–Crippen LogP) is 2.21. The highest BCUT2D eigenvalue weighted by molar-refractivity contribution is 5.99. The van der Waals surface area contributed by atoms with Gasteiger partial charge in [-0.3, -0.25) is 9.89 Å². The van der Waals surface area contributed by atoms with Gasteiger partial charge >= 0.3 is 0 Å². The quantitative estimate of drug-likeness (QED) is 0.762. The number of carbonyl (C=O) groups is 1. The van der Waals surface area contributed by atoms with E-state index in [-0.39, 0.29) is 18.6 Å². The maximum absolute atomic E-state index is 12.4. The molecular formula is C16H21N3O2. The fraction of sp³-hybridized carbons (Fsp3) is 0.375. The van der Waals surface area contributed by atoms with Gasteiger partial charge < -0.3 is 10.4 Å². The monoisotopic (exact) mass is 287 g/mol. The number of hydrogen-bond acceptors (Lipinski definition) is 3. The summed E-state index contributed by atoms with van der Waals surface area (Å²) in [6, 6.07) is 9.34. The lowest BCUT2D eigenvalue weighted by Crippen LogP contribution is -2.38. The second-order valence-electron chi connectivity index (χ2n) is 5.51. The first-order chi connectivity index (χ1) is 10.1. The number of aromatic amines is 1. The zero-order chi connectivity index (χ0) is 15.2. The van der Waals surface area contributed by atoms with Crippen LogP contribution in [0.25, 0.3) is 11.3 Å². The third kappa shape index (κ3) is 3.92. The highest BCUT2D eigenvalue weighted by Crippen LogP contribution is 2.20. The molecule has 1 aromatic heterocycles. The Hall–Kier alpha value is -2.14. The first kappa shape index (κ1) is 15.3. The Labute approximate surface area is 124 Å². The molecule has 0 radical (unpaired) electrons. The summed E-state index contributed by atoms with van der Waals surface area (Å²) in [5.41, 5.74) is 2.09. The predicted molar refractivity (Wildman–Crippen MR) is 81.8 cm³/mol. The number of rotatable bonds is 6. The summed E-state index contributed by atoms with van der Waals surface area (Å²) in [5.74, 6) is 0.183. The Kier molecular flexibility index (Phi) is 5.11. The molecule has 5 heteroatoms. The van der Waals surface area contributed by atoms with Crippen molar-refractivity contribution in [3.8, 4) is 11.3 Å². The summed E-state index contributed by atoms with van der Waals surface area (Å²) in [6.07, 6.45) is 2.25. The number of carbonyl (C=O) groups excluding carboxylic acids is 1. The van der Waals surface area contributed by atoms with Crippen molar-refractivity contribution in [1.29, 1.82) is 0 Å². The Morgan fingerprint density at radius 2 is 2.05 bits per heavy atom. The molecule has 0 aliphatic carbocycles. The molecule has 1 unspecified atom stereocenters. The van der Waals surface area contributed by atoms with Crippen LogP contribution in [-0.4, -0.2) is 33.9 Å². The molecule has 0 aliphatic heterocycles. The molecule has 1 aromatic carbocycles. The summed E-state index contributed by atoms with van der Waals surface area (Å²) >= 11 is 0. The van der Waals surface area contributed by atoms with E-state index in [0.717, 1.165) is 12.0 Å². The summed E-state index contributed by atoms with van der Waals surface area (Å²) in [6.45, 7) is 4.05. The van der Waals surface area contributed by atoms with Gasteiger partial charge in [0, 0.05) is 5.56 Å². The lowest BCUT2D eigenvalue weighted by molar-refractivity contribution is 0.0909. The maximum Gasteiger partial charge on any atom is 0.255 e. The Morgan fingerprint density at radius 1 is 1.33 bits per heavy atom. The van der Waals surface area contributed by atoms with Crippen LogP contribution in [0.2, 0.25) is 0 Å². The van der Waals surface area contributed by atoms with E-state index in [2.05, 4.69) is 29.4 Å². The van der Waals surface area contributed by atoms with Crippen LogP contribution in [0.5, 0.6) is 0 Å². The number of amides is 1. The van der Waals surface area contributed by atoms with Gasteiger partial charge in [-0.25, -0.2) is 0 Å².